The molecule has 0 fully saturated rings. The van der Waals surface area contributed by atoms with Gasteiger partial charge in [-0.15, -0.1) is 24.3 Å². The quantitative estimate of drug-likeness (QED) is 0.516. The molecule has 0 radical (unpaired) electrons. The van der Waals surface area contributed by atoms with Gasteiger partial charge in [-0.1, -0.05) is 0 Å². The van der Waals surface area contributed by atoms with Gasteiger partial charge in [-0.3, -0.25) is 13.6 Å². The van der Waals surface area contributed by atoms with E-state index in [0.29, 0.717) is 0 Å². The van der Waals surface area contributed by atoms with Gasteiger partial charge < -0.3 is 19.1 Å². The maximum absolute atomic E-state index is 7.75. The molecule has 0 bridgehead atoms. The van der Waals surface area contributed by atoms with Gasteiger partial charge >= 0.3 is 21.1 Å². The number of hydrogen-bond donors (Lipinski definition) is 0. The molecule has 2 aromatic carbocycles. The zero-order chi connectivity index (χ0) is 15.4. The SMILES string of the molecule is COc1cc[c-]c(-c2[c-]ccc(OC)c2)c1.[CH-]=O.[CH-]=O.[Pt+4]. The third-order valence-corrected chi connectivity index (χ3v) is 2.31. The Balaban J connectivity index is 0. The van der Waals surface area contributed by atoms with E-state index in [1.807, 2.05) is 36.4 Å². The predicted octanol–water partition coefficient (Wildman–Crippen LogP) is 2.42. The second kappa shape index (κ2) is 13.1. The van der Waals surface area contributed by atoms with Gasteiger partial charge in [0.15, 0.2) is 0 Å². The Morgan fingerprint density at radius 3 is 1.43 bits per heavy atom. The van der Waals surface area contributed by atoms with Crippen molar-refractivity contribution in [2.75, 3.05) is 14.2 Å². The van der Waals surface area contributed by atoms with E-state index in [4.69, 9.17) is 19.1 Å². The van der Waals surface area contributed by atoms with Crippen LogP contribution in [0, 0.1) is 12.1 Å². The molecule has 4 nitrogen and oxygen atoms in total. The second-order valence-corrected chi connectivity index (χ2v) is 3.28. The molecule has 0 aliphatic rings. The van der Waals surface area contributed by atoms with Gasteiger partial charge in [0.05, 0.1) is 14.2 Å². The number of rotatable bonds is 3. The molecule has 0 N–H and O–H groups in total. The van der Waals surface area contributed by atoms with Crippen molar-refractivity contribution in [2.24, 2.45) is 0 Å². The number of ether oxygens (including phenoxy) is 2. The van der Waals surface area contributed by atoms with Crippen molar-refractivity contribution >= 4 is 13.6 Å². The van der Waals surface area contributed by atoms with Gasteiger partial charge in [0.2, 0.25) is 0 Å². The molecule has 0 heterocycles. The molecule has 0 spiro atoms. The Bertz CT molecular complexity index is 470. The van der Waals surface area contributed by atoms with E-state index in [9.17, 15) is 0 Å². The molecule has 0 aliphatic heterocycles. The topological polar surface area (TPSA) is 52.6 Å². The van der Waals surface area contributed by atoms with Crippen LogP contribution in [0.25, 0.3) is 11.1 Å². The minimum Gasteiger partial charge on any atom is -0.545 e. The van der Waals surface area contributed by atoms with Crippen molar-refractivity contribution in [1.82, 2.24) is 0 Å². The van der Waals surface area contributed by atoms with Gasteiger partial charge in [-0.25, -0.2) is 11.1 Å². The van der Waals surface area contributed by atoms with Gasteiger partial charge in [-0.2, -0.15) is 24.3 Å². The molecule has 21 heavy (non-hydrogen) atoms. The van der Waals surface area contributed by atoms with Crippen LogP contribution in [0.2, 0.25) is 0 Å². The van der Waals surface area contributed by atoms with E-state index in [1.54, 1.807) is 14.2 Å². The van der Waals surface area contributed by atoms with E-state index in [1.165, 1.54) is 0 Å². The van der Waals surface area contributed by atoms with E-state index < -0.39 is 0 Å². The van der Waals surface area contributed by atoms with Crippen molar-refractivity contribution in [2.45, 2.75) is 0 Å². The smallest absolute Gasteiger partial charge is 0.545 e. The van der Waals surface area contributed by atoms with Crippen molar-refractivity contribution in [1.29, 1.82) is 0 Å². The average Bonchev–Trinajstić information content (AvgIpc) is 2.58. The third kappa shape index (κ3) is 6.86. The first kappa shape index (κ1) is 21.4. The molecular weight excluding hydrogens is 451 g/mol. The van der Waals surface area contributed by atoms with Crippen LogP contribution >= 0.6 is 0 Å². The number of carbonyl (C=O) groups excluding carboxylic acids is 2. The summed E-state index contributed by atoms with van der Waals surface area (Å²) in [5.74, 6) is 1.62. The van der Waals surface area contributed by atoms with Crippen molar-refractivity contribution in [3.05, 3.63) is 48.5 Å². The summed E-state index contributed by atoms with van der Waals surface area (Å²) in [6.45, 7) is 6.50. The standard InChI is InChI=1S/C14H12O2.2CHO.Pt/c1-15-13-7-3-5-11(9-13)12-6-4-8-14(10-12)16-2;2*1-2;/h3-4,7-10H,1-2H3;2*1H;/q-2;2*-1;+4. The summed E-state index contributed by atoms with van der Waals surface area (Å²) in [5, 5.41) is 0. The molecule has 0 amide bonds. The monoisotopic (exact) mass is 465 g/mol. The van der Waals surface area contributed by atoms with Crippen LogP contribution in [0.3, 0.4) is 0 Å². The van der Waals surface area contributed by atoms with E-state index in [2.05, 4.69) is 25.7 Å². The number of benzene rings is 2. The minimum atomic E-state index is 0. The Morgan fingerprint density at radius 2 is 1.14 bits per heavy atom. The van der Waals surface area contributed by atoms with E-state index in [0.717, 1.165) is 22.6 Å². The first-order chi connectivity index (χ1) is 9.83. The molecule has 5 heteroatoms. The van der Waals surface area contributed by atoms with E-state index >= 15 is 0 Å². The van der Waals surface area contributed by atoms with Crippen LogP contribution in [0.4, 0.5) is 0 Å². The Hall–Kier alpha value is -1.93. The summed E-state index contributed by atoms with van der Waals surface area (Å²) in [7, 11) is 3.29. The minimum absolute atomic E-state index is 0. The Labute approximate surface area is 139 Å². The summed E-state index contributed by atoms with van der Waals surface area (Å²) in [6, 6.07) is 17.5. The number of methoxy groups -OCH3 is 2. The first-order valence-electron chi connectivity index (χ1n) is 5.42. The number of hydrogen-bond acceptors (Lipinski definition) is 4. The molecule has 0 aliphatic carbocycles. The molecule has 0 aromatic heterocycles. The van der Waals surface area contributed by atoms with Crippen LogP contribution in [0.15, 0.2) is 36.4 Å². The van der Waals surface area contributed by atoms with Crippen LogP contribution in [-0.4, -0.2) is 27.8 Å². The van der Waals surface area contributed by atoms with Crippen LogP contribution in [-0.2, 0) is 30.7 Å². The van der Waals surface area contributed by atoms with Crippen molar-refractivity contribution in [3.8, 4) is 22.6 Å². The Morgan fingerprint density at radius 1 is 0.810 bits per heavy atom. The molecule has 0 saturated carbocycles. The first-order valence-corrected chi connectivity index (χ1v) is 5.42. The summed E-state index contributed by atoms with van der Waals surface area (Å²) in [6.07, 6.45) is 0. The average molecular weight is 465 g/mol. The molecule has 0 atom stereocenters. The summed E-state index contributed by atoms with van der Waals surface area (Å²) >= 11 is 0. The summed E-state index contributed by atoms with van der Waals surface area (Å²) in [4.78, 5) is 15.5. The predicted molar refractivity (Wildman–Crippen MR) is 76.2 cm³/mol. The summed E-state index contributed by atoms with van der Waals surface area (Å²) in [5.41, 5.74) is 1.89. The van der Waals surface area contributed by atoms with Gasteiger partial charge in [0.1, 0.15) is 0 Å². The van der Waals surface area contributed by atoms with Gasteiger partial charge in [0.25, 0.3) is 0 Å². The van der Waals surface area contributed by atoms with E-state index in [-0.39, 0.29) is 21.1 Å². The zero-order valence-electron chi connectivity index (χ0n) is 11.6. The van der Waals surface area contributed by atoms with Gasteiger partial charge in [0, 0.05) is 11.5 Å². The normalized spacial score (nSPS) is 7.90. The van der Waals surface area contributed by atoms with Crippen molar-refractivity contribution in [3.63, 3.8) is 0 Å². The molecule has 0 saturated heterocycles. The maximum Gasteiger partial charge on any atom is 4.00 e. The third-order valence-electron chi connectivity index (χ3n) is 2.31. The molecule has 0 unspecified atom stereocenters. The molecule has 2 aromatic rings. The van der Waals surface area contributed by atoms with Crippen molar-refractivity contribution < 1.29 is 40.1 Å². The second-order valence-electron chi connectivity index (χ2n) is 3.28. The fourth-order valence-electron chi connectivity index (χ4n) is 1.46. The Kier molecular flexibility index (Phi) is 13.3. The van der Waals surface area contributed by atoms with Crippen LogP contribution in [0.5, 0.6) is 11.5 Å². The maximum atomic E-state index is 7.75. The largest absolute Gasteiger partial charge is 4.00 e. The molecular formula is C16H14O4Pt. The molecule has 112 valence electrons. The summed E-state index contributed by atoms with van der Waals surface area (Å²) < 4.78 is 10.3. The van der Waals surface area contributed by atoms with Crippen LogP contribution < -0.4 is 9.47 Å². The zero-order valence-corrected chi connectivity index (χ0v) is 13.8. The fourth-order valence-corrected chi connectivity index (χ4v) is 1.46. The molecule has 2 rings (SSSR count). The fraction of sp³-hybridized carbons (Fsp3) is 0.125. The van der Waals surface area contributed by atoms with Crippen LogP contribution in [0.1, 0.15) is 0 Å². The van der Waals surface area contributed by atoms with Gasteiger partial charge in [-0.05, 0) is 0 Å².